The summed E-state index contributed by atoms with van der Waals surface area (Å²) in [6, 6.07) is 6.77. The fraction of sp³-hybridized carbons (Fsp3) is 0.474. The molecule has 0 bridgehead atoms. The molecular weight excluding hydrogens is 350 g/mol. The number of nitrogens with zero attached hydrogens (tertiary/aromatic N) is 2. The third-order valence-electron chi connectivity index (χ3n) is 5.01. The minimum absolute atomic E-state index is 0.00290. The number of hydrogen-bond acceptors (Lipinski definition) is 5. The van der Waals surface area contributed by atoms with Crippen LogP contribution in [0, 0.1) is 0 Å². The molecule has 8 heteroatoms. The molecule has 27 heavy (non-hydrogen) atoms. The second-order valence-electron chi connectivity index (χ2n) is 6.70. The van der Waals surface area contributed by atoms with Gasteiger partial charge in [0.15, 0.2) is 0 Å². The predicted molar refractivity (Wildman–Crippen MR) is 96.2 cm³/mol. The number of imide groups is 1. The molecule has 0 spiro atoms. The third kappa shape index (κ3) is 4.10. The summed E-state index contributed by atoms with van der Waals surface area (Å²) in [5.41, 5.74) is 0.850. The molecule has 4 amide bonds. The van der Waals surface area contributed by atoms with Crippen LogP contribution < -0.4 is 5.32 Å². The van der Waals surface area contributed by atoms with E-state index in [9.17, 15) is 19.2 Å². The third-order valence-corrected chi connectivity index (χ3v) is 5.01. The summed E-state index contributed by atoms with van der Waals surface area (Å²) < 4.78 is 4.58. The van der Waals surface area contributed by atoms with Crippen LogP contribution in [0.1, 0.15) is 46.4 Å². The van der Waals surface area contributed by atoms with Crippen molar-refractivity contribution < 1.29 is 23.9 Å². The van der Waals surface area contributed by atoms with Gasteiger partial charge >= 0.3 is 6.09 Å². The van der Waals surface area contributed by atoms with E-state index < -0.39 is 6.09 Å². The van der Waals surface area contributed by atoms with E-state index >= 15 is 0 Å². The highest BCUT2D eigenvalue weighted by atomic mass is 16.5. The number of amides is 4. The van der Waals surface area contributed by atoms with Gasteiger partial charge in [-0.3, -0.25) is 19.3 Å². The smallest absolute Gasteiger partial charge is 0.407 e. The molecule has 1 saturated heterocycles. The Bertz CT molecular complexity index is 720. The average Bonchev–Trinajstić information content (AvgIpc) is 2.93. The Morgan fingerprint density at radius 1 is 1.11 bits per heavy atom. The lowest BCUT2D eigenvalue weighted by molar-refractivity contribution is -0.132. The second-order valence-corrected chi connectivity index (χ2v) is 6.70. The molecule has 0 saturated carbocycles. The van der Waals surface area contributed by atoms with Crippen molar-refractivity contribution in [2.45, 2.75) is 31.7 Å². The molecule has 0 aromatic heterocycles. The van der Waals surface area contributed by atoms with E-state index in [2.05, 4.69) is 10.1 Å². The SMILES string of the molecule is COC(=O)NC1CCN(C(=O)CCCN2C(=O)c3ccccc3C2=O)CC1. The van der Waals surface area contributed by atoms with Gasteiger partial charge in [-0.2, -0.15) is 0 Å². The van der Waals surface area contributed by atoms with Gasteiger partial charge < -0.3 is 15.0 Å². The van der Waals surface area contributed by atoms with Crippen molar-refractivity contribution in [1.29, 1.82) is 0 Å². The summed E-state index contributed by atoms with van der Waals surface area (Å²) in [5.74, 6) is -0.585. The maximum atomic E-state index is 12.4. The first-order valence-electron chi connectivity index (χ1n) is 9.08. The largest absolute Gasteiger partial charge is 0.453 e. The van der Waals surface area contributed by atoms with Gasteiger partial charge in [0.05, 0.1) is 18.2 Å². The maximum absolute atomic E-state index is 12.4. The Kier molecular flexibility index (Phi) is 5.73. The number of carbonyl (C=O) groups excluding carboxylic acids is 4. The van der Waals surface area contributed by atoms with E-state index in [0.29, 0.717) is 43.5 Å². The highest BCUT2D eigenvalue weighted by Crippen LogP contribution is 2.22. The molecule has 0 unspecified atom stereocenters. The van der Waals surface area contributed by atoms with Crippen molar-refractivity contribution in [3.63, 3.8) is 0 Å². The van der Waals surface area contributed by atoms with Crippen LogP contribution in [0.4, 0.5) is 4.79 Å². The predicted octanol–water partition coefficient (Wildman–Crippen LogP) is 1.41. The molecule has 144 valence electrons. The van der Waals surface area contributed by atoms with Crippen LogP contribution in [0.3, 0.4) is 0 Å². The van der Waals surface area contributed by atoms with Gasteiger partial charge in [-0.05, 0) is 31.4 Å². The summed E-state index contributed by atoms with van der Waals surface area (Å²) in [5, 5.41) is 2.75. The Balaban J connectivity index is 1.43. The van der Waals surface area contributed by atoms with Crippen LogP contribution in [-0.2, 0) is 9.53 Å². The highest BCUT2D eigenvalue weighted by molar-refractivity contribution is 6.21. The number of methoxy groups -OCH3 is 1. The Morgan fingerprint density at radius 3 is 2.26 bits per heavy atom. The molecule has 1 N–H and O–H groups in total. The number of likely N-dealkylation sites (tertiary alicyclic amines) is 1. The van der Waals surface area contributed by atoms with Gasteiger partial charge in [0.2, 0.25) is 5.91 Å². The van der Waals surface area contributed by atoms with E-state index in [-0.39, 0.29) is 36.7 Å². The van der Waals surface area contributed by atoms with Crippen LogP contribution in [0.5, 0.6) is 0 Å². The maximum Gasteiger partial charge on any atom is 0.407 e. The fourth-order valence-electron chi connectivity index (χ4n) is 3.49. The summed E-state index contributed by atoms with van der Waals surface area (Å²) in [7, 11) is 1.32. The van der Waals surface area contributed by atoms with E-state index in [0.717, 1.165) is 0 Å². The zero-order valence-corrected chi connectivity index (χ0v) is 15.3. The van der Waals surface area contributed by atoms with Crippen molar-refractivity contribution in [2.24, 2.45) is 0 Å². The average molecular weight is 373 g/mol. The van der Waals surface area contributed by atoms with E-state index in [1.807, 2.05) is 0 Å². The number of nitrogens with one attached hydrogen (secondary N) is 1. The van der Waals surface area contributed by atoms with Gasteiger partial charge in [0, 0.05) is 32.1 Å². The number of carbonyl (C=O) groups is 4. The molecule has 2 heterocycles. The number of alkyl carbamates (subject to hydrolysis) is 1. The van der Waals surface area contributed by atoms with Gasteiger partial charge in [0.25, 0.3) is 11.8 Å². The minimum atomic E-state index is -0.458. The first-order valence-corrected chi connectivity index (χ1v) is 9.08. The van der Waals surface area contributed by atoms with Gasteiger partial charge in [0.1, 0.15) is 0 Å². The number of hydrogen-bond donors (Lipinski definition) is 1. The quantitative estimate of drug-likeness (QED) is 0.788. The zero-order valence-electron chi connectivity index (χ0n) is 15.3. The number of rotatable bonds is 5. The lowest BCUT2D eigenvalue weighted by Crippen LogP contribution is -2.46. The summed E-state index contributed by atoms with van der Waals surface area (Å²) in [6.45, 7) is 1.37. The van der Waals surface area contributed by atoms with Crippen molar-refractivity contribution in [3.05, 3.63) is 35.4 Å². The molecule has 1 aromatic rings. The van der Waals surface area contributed by atoms with E-state index in [4.69, 9.17) is 0 Å². The number of benzene rings is 1. The standard InChI is InChI=1S/C19H23N3O5/c1-27-19(26)20-13-8-11-21(12-9-13)16(23)7-4-10-22-17(24)14-5-2-3-6-15(14)18(22)25/h2-3,5-6,13H,4,7-12H2,1H3,(H,20,26). The van der Waals surface area contributed by atoms with Gasteiger partial charge in [-0.15, -0.1) is 0 Å². The molecule has 1 aromatic carbocycles. The summed E-state index contributed by atoms with van der Waals surface area (Å²) in [4.78, 5) is 51.2. The van der Waals surface area contributed by atoms with Crippen LogP contribution in [0.15, 0.2) is 24.3 Å². The molecule has 0 radical (unpaired) electrons. The van der Waals surface area contributed by atoms with Crippen LogP contribution in [0.2, 0.25) is 0 Å². The monoisotopic (exact) mass is 373 g/mol. The second kappa shape index (κ2) is 8.20. The molecule has 2 aliphatic heterocycles. The Hall–Kier alpha value is -2.90. The van der Waals surface area contributed by atoms with Crippen molar-refractivity contribution in [2.75, 3.05) is 26.7 Å². The molecule has 8 nitrogen and oxygen atoms in total. The van der Waals surface area contributed by atoms with Gasteiger partial charge in [-0.25, -0.2) is 4.79 Å². The number of fused-ring (bicyclic) bond motifs is 1. The first kappa shape index (κ1) is 18.9. The molecule has 1 fully saturated rings. The lowest BCUT2D eigenvalue weighted by atomic mass is 10.0. The minimum Gasteiger partial charge on any atom is -0.453 e. The Labute approximate surface area is 157 Å². The van der Waals surface area contributed by atoms with Crippen LogP contribution in [-0.4, -0.2) is 66.4 Å². The summed E-state index contributed by atoms with van der Waals surface area (Å²) >= 11 is 0. The highest BCUT2D eigenvalue weighted by Gasteiger charge is 2.34. The molecular formula is C19H23N3O5. The molecule has 3 rings (SSSR count). The summed E-state index contributed by atoms with van der Waals surface area (Å²) in [6.07, 6.45) is 1.62. The van der Waals surface area contributed by atoms with Crippen LogP contribution >= 0.6 is 0 Å². The van der Waals surface area contributed by atoms with Crippen molar-refractivity contribution in [3.8, 4) is 0 Å². The molecule has 2 aliphatic rings. The van der Waals surface area contributed by atoms with Crippen molar-refractivity contribution >= 4 is 23.8 Å². The normalized spacial score (nSPS) is 17.1. The van der Waals surface area contributed by atoms with E-state index in [1.165, 1.54) is 12.0 Å². The zero-order chi connectivity index (χ0) is 19.4. The van der Waals surface area contributed by atoms with Crippen LogP contribution in [0.25, 0.3) is 0 Å². The first-order chi connectivity index (χ1) is 13.0. The molecule has 0 atom stereocenters. The van der Waals surface area contributed by atoms with Gasteiger partial charge in [-0.1, -0.05) is 12.1 Å². The number of piperidine rings is 1. The topological polar surface area (TPSA) is 96.0 Å². The number of ether oxygens (including phenoxy) is 1. The van der Waals surface area contributed by atoms with Crippen molar-refractivity contribution in [1.82, 2.24) is 15.1 Å². The Morgan fingerprint density at radius 2 is 1.70 bits per heavy atom. The molecule has 0 aliphatic carbocycles. The fourth-order valence-corrected chi connectivity index (χ4v) is 3.49. The lowest BCUT2D eigenvalue weighted by Gasteiger charge is -2.32. The van der Waals surface area contributed by atoms with E-state index in [1.54, 1.807) is 29.2 Å².